The molecule has 0 spiro atoms. The molecule has 0 aromatic heterocycles. The molecule has 0 rings (SSSR count). The molecule has 0 aliphatic heterocycles. The first-order chi connectivity index (χ1) is 13.5. The molecule has 0 saturated carbocycles. The van der Waals surface area contributed by atoms with E-state index in [0.717, 1.165) is 51.4 Å². The third-order valence-corrected chi connectivity index (χ3v) is 5.07. The topological polar surface area (TPSA) is 71.1 Å². The van der Waals surface area contributed by atoms with Gasteiger partial charge in [0.25, 0.3) is 0 Å². The molecule has 0 aromatic carbocycles. The molecule has 166 valence electrons. The molecule has 0 fully saturated rings. The van der Waals surface area contributed by atoms with Crippen molar-refractivity contribution in [3.63, 3.8) is 0 Å². The highest BCUT2D eigenvalue weighted by Crippen LogP contribution is 2.15. The fourth-order valence-corrected chi connectivity index (χ4v) is 2.78. The van der Waals surface area contributed by atoms with Crippen LogP contribution >= 0.6 is 0 Å². The number of unbranched alkanes of at least 4 members (excludes halogenated alkanes) is 2. The number of carbonyl (C=O) groups excluding carboxylic acids is 2. The van der Waals surface area contributed by atoms with Gasteiger partial charge in [0.15, 0.2) is 0 Å². The molecule has 0 N–H and O–H groups in total. The van der Waals surface area contributed by atoms with Gasteiger partial charge in [0.1, 0.15) is 12.7 Å². The van der Waals surface area contributed by atoms with E-state index in [-0.39, 0.29) is 6.61 Å². The summed E-state index contributed by atoms with van der Waals surface area (Å²) in [5, 5.41) is 0. The van der Waals surface area contributed by atoms with Crippen molar-refractivity contribution >= 4 is 12.3 Å². The Hall–Kier alpha value is -1.46. The Morgan fingerprint density at radius 1 is 0.643 bits per heavy atom. The van der Waals surface area contributed by atoms with E-state index in [9.17, 15) is 9.59 Å². The lowest BCUT2D eigenvalue weighted by molar-refractivity contribution is -0.0241. The minimum Gasteiger partial charge on any atom is -0.434 e. The van der Waals surface area contributed by atoms with Gasteiger partial charge in [-0.2, -0.15) is 0 Å². The molecule has 0 heterocycles. The number of rotatable bonds is 16. The van der Waals surface area contributed by atoms with Crippen LogP contribution in [0.15, 0.2) is 0 Å². The van der Waals surface area contributed by atoms with Crippen LogP contribution in [0.3, 0.4) is 0 Å². The molecule has 3 atom stereocenters. The molecule has 0 amide bonds. The lowest BCUT2D eigenvalue weighted by atomic mass is 10.0. The Morgan fingerprint density at radius 3 is 1.54 bits per heavy atom. The zero-order valence-corrected chi connectivity index (χ0v) is 18.7. The minimum absolute atomic E-state index is 0.0246. The van der Waals surface area contributed by atoms with Crippen LogP contribution in [-0.2, 0) is 18.9 Å². The number of ether oxygens (including phenoxy) is 4. The van der Waals surface area contributed by atoms with E-state index in [2.05, 4.69) is 27.7 Å². The summed E-state index contributed by atoms with van der Waals surface area (Å²) in [5.74, 6) is 0.720. The summed E-state index contributed by atoms with van der Waals surface area (Å²) in [6, 6.07) is 0. The van der Waals surface area contributed by atoms with Gasteiger partial charge in [-0.25, -0.2) is 9.59 Å². The van der Waals surface area contributed by atoms with Crippen LogP contribution in [0, 0.1) is 11.8 Å². The van der Waals surface area contributed by atoms with Crippen molar-refractivity contribution < 1.29 is 28.5 Å². The van der Waals surface area contributed by atoms with E-state index in [0.29, 0.717) is 31.5 Å². The Balaban J connectivity index is 4.11. The van der Waals surface area contributed by atoms with Crippen LogP contribution in [0.5, 0.6) is 0 Å². The SMILES string of the molecule is CCCCC(CC)COC(=O)OCC(CC)OC(=O)OCC(CC)CCCC. The fraction of sp³-hybridized carbons (Fsp3) is 0.909. The second kappa shape index (κ2) is 17.6. The highest BCUT2D eigenvalue weighted by Gasteiger charge is 2.19. The Bertz CT molecular complexity index is 398. The maximum atomic E-state index is 11.9. The highest BCUT2D eigenvalue weighted by atomic mass is 16.8. The van der Waals surface area contributed by atoms with Gasteiger partial charge in [0, 0.05) is 0 Å². The first kappa shape index (κ1) is 26.5. The van der Waals surface area contributed by atoms with Crippen molar-refractivity contribution in [2.24, 2.45) is 11.8 Å². The Labute approximate surface area is 171 Å². The van der Waals surface area contributed by atoms with E-state index in [1.54, 1.807) is 0 Å². The largest absolute Gasteiger partial charge is 0.508 e. The standard InChI is InChI=1S/C22H42O6/c1-6-11-13-18(8-3)15-25-21(23)27-17-20(10-5)28-22(24)26-16-19(9-4)14-12-7-2/h18-20H,6-17H2,1-5H3. The molecular formula is C22H42O6. The van der Waals surface area contributed by atoms with Crippen molar-refractivity contribution in [1.29, 1.82) is 0 Å². The Morgan fingerprint density at radius 2 is 1.11 bits per heavy atom. The first-order valence-electron chi connectivity index (χ1n) is 11.1. The second-order valence-electron chi connectivity index (χ2n) is 7.41. The molecule has 0 radical (unpaired) electrons. The summed E-state index contributed by atoms with van der Waals surface area (Å²) in [6.07, 6.45) is 7.13. The lowest BCUT2D eigenvalue weighted by Crippen LogP contribution is -2.27. The predicted octanol–water partition coefficient (Wildman–Crippen LogP) is 6.50. The highest BCUT2D eigenvalue weighted by molar-refractivity contribution is 5.61. The summed E-state index contributed by atoms with van der Waals surface area (Å²) in [4.78, 5) is 23.7. The van der Waals surface area contributed by atoms with Crippen molar-refractivity contribution in [2.45, 2.75) is 98.5 Å². The maximum absolute atomic E-state index is 11.9. The van der Waals surface area contributed by atoms with Crippen molar-refractivity contribution in [1.82, 2.24) is 0 Å². The molecule has 28 heavy (non-hydrogen) atoms. The number of hydrogen-bond donors (Lipinski definition) is 0. The van der Waals surface area contributed by atoms with E-state index < -0.39 is 18.4 Å². The van der Waals surface area contributed by atoms with Crippen LogP contribution in [0.4, 0.5) is 9.59 Å². The van der Waals surface area contributed by atoms with Crippen LogP contribution in [0.25, 0.3) is 0 Å². The summed E-state index contributed by atoms with van der Waals surface area (Å²) >= 11 is 0. The summed E-state index contributed by atoms with van der Waals surface area (Å²) in [5.41, 5.74) is 0. The van der Waals surface area contributed by atoms with Crippen LogP contribution < -0.4 is 0 Å². The molecule has 0 aliphatic carbocycles. The normalized spacial score (nSPS) is 14.0. The number of carbonyl (C=O) groups is 2. The molecule has 0 aliphatic rings. The molecule has 0 aromatic rings. The van der Waals surface area contributed by atoms with Gasteiger partial charge in [0.05, 0.1) is 13.2 Å². The van der Waals surface area contributed by atoms with Crippen molar-refractivity contribution in [3.05, 3.63) is 0 Å². The van der Waals surface area contributed by atoms with Gasteiger partial charge >= 0.3 is 12.3 Å². The average Bonchev–Trinajstić information content (AvgIpc) is 2.71. The van der Waals surface area contributed by atoms with E-state index in [4.69, 9.17) is 18.9 Å². The van der Waals surface area contributed by atoms with Gasteiger partial charge in [0.2, 0.25) is 0 Å². The molecule has 3 unspecified atom stereocenters. The summed E-state index contributed by atoms with van der Waals surface area (Å²) in [7, 11) is 0. The Kier molecular flexibility index (Phi) is 16.7. The third-order valence-electron chi connectivity index (χ3n) is 5.07. The summed E-state index contributed by atoms with van der Waals surface area (Å²) in [6.45, 7) is 11.0. The average molecular weight is 403 g/mol. The van der Waals surface area contributed by atoms with Crippen molar-refractivity contribution in [3.8, 4) is 0 Å². The van der Waals surface area contributed by atoms with Gasteiger partial charge in [-0.05, 0) is 31.1 Å². The van der Waals surface area contributed by atoms with Gasteiger partial charge in [-0.15, -0.1) is 0 Å². The smallest absolute Gasteiger partial charge is 0.434 e. The molecule has 0 saturated heterocycles. The maximum Gasteiger partial charge on any atom is 0.508 e. The van der Waals surface area contributed by atoms with Gasteiger partial charge in [-0.1, -0.05) is 73.1 Å². The molecular weight excluding hydrogens is 360 g/mol. The first-order valence-corrected chi connectivity index (χ1v) is 11.1. The van der Waals surface area contributed by atoms with Gasteiger partial charge < -0.3 is 18.9 Å². The quantitative estimate of drug-likeness (QED) is 0.274. The summed E-state index contributed by atoms with van der Waals surface area (Å²) < 4.78 is 20.8. The zero-order valence-electron chi connectivity index (χ0n) is 18.7. The minimum atomic E-state index is -0.712. The second-order valence-corrected chi connectivity index (χ2v) is 7.41. The van der Waals surface area contributed by atoms with E-state index in [1.165, 1.54) is 0 Å². The fourth-order valence-electron chi connectivity index (χ4n) is 2.78. The monoisotopic (exact) mass is 402 g/mol. The molecule has 6 heteroatoms. The zero-order chi connectivity index (χ0) is 21.2. The van der Waals surface area contributed by atoms with Crippen LogP contribution in [0.2, 0.25) is 0 Å². The van der Waals surface area contributed by atoms with Gasteiger partial charge in [-0.3, -0.25) is 0 Å². The van der Waals surface area contributed by atoms with Crippen LogP contribution in [0.1, 0.15) is 92.4 Å². The third kappa shape index (κ3) is 13.7. The molecule has 0 bridgehead atoms. The number of hydrogen-bond acceptors (Lipinski definition) is 6. The lowest BCUT2D eigenvalue weighted by Gasteiger charge is -2.19. The van der Waals surface area contributed by atoms with E-state index >= 15 is 0 Å². The predicted molar refractivity (Wildman–Crippen MR) is 110 cm³/mol. The van der Waals surface area contributed by atoms with E-state index in [1.807, 2.05) is 6.92 Å². The van der Waals surface area contributed by atoms with Crippen molar-refractivity contribution in [2.75, 3.05) is 19.8 Å². The van der Waals surface area contributed by atoms with Crippen LogP contribution in [-0.4, -0.2) is 38.2 Å². The molecule has 6 nitrogen and oxygen atoms in total.